The van der Waals surface area contributed by atoms with Crippen LogP contribution in [0.1, 0.15) is 119 Å². The lowest BCUT2D eigenvalue weighted by Gasteiger charge is -2.21. The first-order valence-electron chi connectivity index (χ1n) is 11.6. The van der Waals surface area contributed by atoms with E-state index in [-0.39, 0.29) is 0 Å². The van der Waals surface area contributed by atoms with E-state index in [0.717, 1.165) is 6.54 Å². The highest BCUT2D eigenvalue weighted by Gasteiger charge is 2.33. The molecule has 29 heavy (non-hydrogen) atoms. The third kappa shape index (κ3) is 4.34. The molecular weight excluding hydrogens is 350 g/mol. The van der Waals surface area contributed by atoms with Crippen molar-refractivity contribution in [1.29, 1.82) is 0 Å². The Balaban J connectivity index is 2.15. The summed E-state index contributed by atoms with van der Waals surface area (Å²) < 4.78 is 2.58. The molecule has 0 saturated carbocycles. The van der Waals surface area contributed by atoms with Crippen LogP contribution in [0.3, 0.4) is 0 Å². The molecule has 1 heterocycles. The Morgan fingerprint density at radius 1 is 0.655 bits per heavy atom. The minimum Gasteiger partial charge on any atom is -0.202 e. The van der Waals surface area contributed by atoms with Crippen LogP contribution in [-0.4, -0.2) is 17.3 Å². The van der Waals surface area contributed by atoms with Crippen LogP contribution in [0.25, 0.3) is 0 Å². The van der Waals surface area contributed by atoms with Crippen molar-refractivity contribution in [2.24, 2.45) is 0 Å². The van der Waals surface area contributed by atoms with Gasteiger partial charge in [-0.1, -0.05) is 91.8 Å². The van der Waals surface area contributed by atoms with Gasteiger partial charge in [-0.3, -0.25) is 0 Å². The number of rotatable bonds is 6. The highest BCUT2D eigenvalue weighted by atomic mass is 15.0. The zero-order chi connectivity index (χ0) is 21.3. The normalized spacial score (nSPS) is 17.1. The molecule has 2 aromatic rings. The van der Waals surface area contributed by atoms with Gasteiger partial charge in [0.25, 0.3) is 0 Å². The van der Waals surface area contributed by atoms with Crippen LogP contribution in [0, 0.1) is 0 Å². The largest absolute Gasteiger partial charge is 0.211 e. The first kappa shape index (κ1) is 21.8. The third-order valence-corrected chi connectivity index (χ3v) is 6.46. The van der Waals surface area contributed by atoms with Crippen LogP contribution >= 0.6 is 0 Å². The van der Waals surface area contributed by atoms with Crippen LogP contribution in [0.15, 0.2) is 36.4 Å². The Morgan fingerprint density at radius 2 is 1.07 bits per heavy atom. The smallest absolute Gasteiger partial charge is 0.202 e. The Bertz CT molecular complexity index is 831. The molecule has 0 N–H and O–H groups in total. The van der Waals surface area contributed by atoms with E-state index in [1.807, 2.05) is 0 Å². The zero-order valence-electron chi connectivity index (χ0n) is 19.8. The number of para-hydroxylation sites is 1. The van der Waals surface area contributed by atoms with Gasteiger partial charge in [0.15, 0.2) is 6.21 Å². The molecule has 1 unspecified atom stereocenters. The molecule has 0 saturated heterocycles. The molecule has 0 spiro atoms. The second-order valence-electron chi connectivity index (χ2n) is 9.99. The van der Waals surface area contributed by atoms with Crippen LogP contribution < -0.4 is 0 Å². The lowest BCUT2D eigenvalue weighted by molar-refractivity contribution is -0.428. The van der Waals surface area contributed by atoms with Crippen molar-refractivity contribution in [3.05, 3.63) is 64.2 Å². The fourth-order valence-corrected chi connectivity index (χ4v) is 4.93. The maximum Gasteiger partial charge on any atom is 0.211 e. The van der Waals surface area contributed by atoms with Gasteiger partial charge in [-0.05, 0) is 40.4 Å². The molecule has 156 valence electrons. The summed E-state index contributed by atoms with van der Waals surface area (Å²) in [7, 11) is 0. The van der Waals surface area contributed by atoms with Crippen LogP contribution in [0.4, 0.5) is 5.69 Å². The number of nitrogens with zero attached hydrogens (tertiary/aromatic N) is 1. The van der Waals surface area contributed by atoms with Crippen molar-refractivity contribution < 1.29 is 4.58 Å². The maximum absolute atomic E-state index is 2.58. The summed E-state index contributed by atoms with van der Waals surface area (Å²) in [5.41, 5.74) is 9.07. The topological polar surface area (TPSA) is 3.01 Å². The molecular formula is C28H40N+. The number of hydrogen-bond acceptors (Lipinski definition) is 0. The summed E-state index contributed by atoms with van der Waals surface area (Å²) in [4.78, 5) is 0. The van der Waals surface area contributed by atoms with E-state index in [2.05, 4.69) is 103 Å². The third-order valence-electron chi connectivity index (χ3n) is 6.46. The van der Waals surface area contributed by atoms with Gasteiger partial charge in [-0.2, -0.15) is 0 Å². The van der Waals surface area contributed by atoms with Crippen molar-refractivity contribution in [3.63, 3.8) is 0 Å². The zero-order valence-corrected chi connectivity index (χ0v) is 19.8. The van der Waals surface area contributed by atoms with E-state index >= 15 is 0 Å². The molecule has 2 aromatic carbocycles. The van der Waals surface area contributed by atoms with Gasteiger partial charge in [-0.15, -0.1) is 0 Å². The van der Waals surface area contributed by atoms with Crippen molar-refractivity contribution >= 4 is 11.9 Å². The second kappa shape index (κ2) is 8.86. The SMILES string of the molecule is CC(C)c1cccc(C(C)C)c1C1C=[N+](c2c(C(C)C)cccc2C(C)C)CC1. The van der Waals surface area contributed by atoms with Gasteiger partial charge < -0.3 is 0 Å². The molecule has 0 bridgehead atoms. The minimum absolute atomic E-state index is 0.506. The quantitative estimate of drug-likeness (QED) is 0.438. The molecule has 1 atom stereocenters. The predicted octanol–water partition coefficient (Wildman–Crippen LogP) is 8.08. The molecule has 1 aliphatic rings. The molecule has 0 amide bonds. The van der Waals surface area contributed by atoms with E-state index in [9.17, 15) is 0 Å². The van der Waals surface area contributed by atoms with Crippen molar-refractivity contribution in [3.8, 4) is 0 Å². The highest BCUT2D eigenvalue weighted by molar-refractivity contribution is 5.70. The van der Waals surface area contributed by atoms with Gasteiger partial charge >= 0.3 is 0 Å². The Labute approximate surface area is 178 Å². The lowest BCUT2D eigenvalue weighted by Crippen LogP contribution is -2.10. The molecule has 0 aromatic heterocycles. The molecule has 3 rings (SSSR count). The average Bonchev–Trinajstić information content (AvgIpc) is 3.15. The summed E-state index contributed by atoms with van der Waals surface area (Å²) in [6.07, 6.45) is 3.74. The fraction of sp³-hybridized carbons (Fsp3) is 0.536. The highest BCUT2D eigenvalue weighted by Crippen LogP contribution is 2.40. The van der Waals surface area contributed by atoms with E-state index in [1.54, 1.807) is 5.56 Å². The molecule has 1 nitrogen and oxygen atoms in total. The predicted molar refractivity (Wildman–Crippen MR) is 127 cm³/mol. The molecule has 1 aliphatic heterocycles. The van der Waals surface area contributed by atoms with Gasteiger partial charge in [0.2, 0.25) is 5.69 Å². The van der Waals surface area contributed by atoms with Gasteiger partial charge in [0.1, 0.15) is 6.54 Å². The summed E-state index contributed by atoms with van der Waals surface area (Å²) in [5.74, 6) is 2.68. The monoisotopic (exact) mass is 390 g/mol. The fourth-order valence-electron chi connectivity index (χ4n) is 4.93. The Kier molecular flexibility index (Phi) is 6.66. The van der Waals surface area contributed by atoms with E-state index in [4.69, 9.17) is 0 Å². The first-order valence-corrected chi connectivity index (χ1v) is 11.6. The Morgan fingerprint density at radius 3 is 1.48 bits per heavy atom. The molecule has 0 radical (unpaired) electrons. The molecule has 1 heteroatoms. The van der Waals surface area contributed by atoms with Crippen LogP contribution in [0.2, 0.25) is 0 Å². The summed E-state index contributed by atoms with van der Waals surface area (Å²) in [5, 5.41) is 0. The average molecular weight is 391 g/mol. The maximum atomic E-state index is 2.58. The van der Waals surface area contributed by atoms with Crippen molar-refractivity contribution in [1.82, 2.24) is 0 Å². The van der Waals surface area contributed by atoms with E-state index in [0.29, 0.717) is 29.6 Å². The Hall–Kier alpha value is -1.89. The van der Waals surface area contributed by atoms with Crippen molar-refractivity contribution in [2.75, 3.05) is 6.54 Å². The summed E-state index contributed by atoms with van der Waals surface area (Å²) in [6, 6.07) is 13.9. The van der Waals surface area contributed by atoms with Gasteiger partial charge in [0, 0.05) is 17.5 Å². The van der Waals surface area contributed by atoms with Crippen LogP contribution in [-0.2, 0) is 0 Å². The van der Waals surface area contributed by atoms with E-state index < -0.39 is 0 Å². The van der Waals surface area contributed by atoms with Gasteiger partial charge in [-0.25, -0.2) is 4.58 Å². The van der Waals surface area contributed by atoms with Gasteiger partial charge in [0.05, 0.1) is 5.92 Å². The van der Waals surface area contributed by atoms with Crippen LogP contribution in [0.5, 0.6) is 0 Å². The first-order chi connectivity index (χ1) is 13.7. The summed E-state index contributed by atoms with van der Waals surface area (Å²) in [6.45, 7) is 19.7. The van der Waals surface area contributed by atoms with E-state index in [1.165, 1.54) is 34.4 Å². The minimum atomic E-state index is 0.506. The number of benzene rings is 2. The van der Waals surface area contributed by atoms with Crippen molar-refractivity contribution in [2.45, 2.75) is 91.4 Å². The second-order valence-corrected chi connectivity index (χ2v) is 9.99. The summed E-state index contributed by atoms with van der Waals surface area (Å²) >= 11 is 0. The molecule has 0 aliphatic carbocycles. The lowest BCUT2D eigenvalue weighted by atomic mass is 9.82. The number of hydrogen-bond donors (Lipinski definition) is 0. The molecule has 0 fully saturated rings. The standard InChI is InChI=1S/C28H40N/c1-18(2)23-11-9-12-24(19(3)4)27(23)22-15-16-29(17-22)28-25(20(5)6)13-10-14-26(28)21(7)8/h9-14,17-22H,15-16H2,1-8H3/q+1.